The molecule has 1 amide bonds. The van der Waals surface area contributed by atoms with Gasteiger partial charge in [-0.05, 0) is 0 Å². The number of fused-ring (bicyclic) bond motifs is 1. The number of halogens is 5. The van der Waals surface area contributed by atoms with Gasteiger partial charge in [0, 0.05) is 0 Å². The van der Waals surface area contributed by atoms with Crippen LogP contribution in [0.1, 0.15) is 20.7 Å². The van der Waals surface area contributed by atoms with E-state index in [1.165, 1.54) is 0 Å². The molecule has 1 unspecified atom stereocenters. The van der Waals surface area contributed by atoms with E-state index in [-0.39, 0.29) is 0 Å². The number of nitrogens with zero attached hydrogens (tertiary/aromatic N) is 1. The zero-order chi connectivity index (χ0) is 15.4. The summed E-state index contributed by atoms with van der Waals surface area (Å²) in [6.07, 6.45) is 0. The summed E-state index contributed by atoms with van der Waals surface area (Å²) in [7, 11) is 0. The molecule has 11 heteroatoms. The molecule has 1 aromatic rings. The Labute approximate surface area is 105 Å². The van der Waals surface area contributed by atoms with Crippen molar-refractivity contribution >= 4 is 11.7 Å². The topological polar surface area (TPSA) is 89.3 Å². The van der Waals surface area contributed by atoms with E-state index in [1.54, 1.807) is 0 Å². The molecule has 1 aliphatic rings. The van der Waals surface area contributed by atoms with Crippen LogP contribution in [0.25, 0.3) is 0 Å². The van der Waals surface area contributed by atoms with E-state index in [0.717, 1.165) is 5.32 Å². The van der Waals surface area contributed by atoms with Crippen LogP contribution in [0.5, 0.6) is 0 Å². The van der Waals surface area contributed by atoms with Crippen LogP contribution < -0.4 is 5.32 Å². The van der Waals surface area contributed by atoms with Gasteiger partial charge in [0.25, 0.3) is 5.91 Å². The molecule has 1 heterocycles. The summed E-state index contributed by atoms with van der Waals surface area (Å²) < 4.78 is 66.3. The van der Waals surface area contributed by atoms with Gasteiger partial charge in [0.05, 0.1) is 16.1 Å². The molecule has 0 saturated heterocycles. The molecule has 0 spiro atoms. The van der Waals surface area contributed by atoms with Gasteiger partial charge >= 0.3 is 11.7 Å². The zero-order valence-corrected chi connectivity index (χ0v) is 8.97. The van der Waals surface area contributed by atoms with Crippen LogP contribution in [0.4, 0.5) is 22.0 Å². The van der Waals surface area contributed by atoms with Crippen molar-refractivity contribution in [3.8, 4) is 0 Å². The Balaban J connectivity index is 2.88. The Hall–Kier alpha value is -2.59. The predicted octanol–water partition coefficient (Wildman–Crippen LogP) is 1.07. The second-order valence-corrected chi connectivity index (χ2v) is 3.67. The molecule has 106 valence electrons. The van der Waals surface area contributed by atoms with Gasteiger partial charge in [0.2, 0.25) is 0 Å². The minimum atomic E-state index is -4.29. The Bertz CT molecular complexity index is 692. The first-order valence-electron chi connectivity index (χ1n) is 4.69. The van der Waals surface area contributed by atoms with Crippen molar-refractivity contribution in [2.45, 2.75) is 5.92 Å². The summed E-state index contributed by atoms with van der Waals surface area (Å²) >= 11 is 0. The number of nitro groups is 1. The maximum Gasteiger partial charge on any atom is 0.508 e. The first-order chi connectivity index (χ1) is 9.12. The van der Waals surface area contributed by atoms with Crippen LogP contribution >= 0.6 is 0 Å². The fourth-order valence-electron chi connectivity index (χ4n) is 1.62. The Kier molecular flexibility index (Phi) is 2.73. The molecule has 0 saturated carbocycles. The highest BCUT2D eigenvalue weighted by Gasteiger charge is 2.60. The van der Waals surface area contributed by atoms with Gasteiger partial charge in [0.15, 0.2) is 23.3 Å². The third kappa shape index (κ3) is 1.49. The number of alkyl halides is 1. The predicted molar refractivity (Wildman–Crippen MR) is 48.9 cm³/mol. The normalized spacial score (nSPS) is 21.4. The van der Waals surface area contributed by atoms with E-state index in [9.17, 15) is 41.7 Å². The molecule has 0 aromatic heterocycles. The Morgan fingerprint density at radius 2 is 1.40 bits per heavy atom. The number of hydrogen-bond acceptors (Lipinski definition) is 4. The van der Waals surface area contributed by atoms with Crippen LogP contribution in [0.2, 0.25) is 0 Å². The molecule has 1 atom stereocenters. The summed E-state index contributed by atoms with van der Waals surface area (Å²) in [5.41, 5.74) is -3.49. The quantitative estimate of drug-likeness (QED) is 0.210. The van der Waals surface area contributed by atoms with Crippen LogP contribution in [-0.2, 0) is 0 Å². The second kappa shape index (κ2) is 3.95. The lowest BCUT2D eigenvalue weighted by atomic mass is 9.94. The van der Waals surface area contributed by atoms with Crippen LogP contribution in [-0.4, -0.2) is 22.5 Å². The van der Waals surface area contributed by atoms with E-state index in [4.69, 9.17) is 0 Å². The van der Waals surface area contributed by atoms with Crippen LogP contribution in [0.3, 0.4) is 0 Å². The van der Waals surface area contributed by atoms with E-state index in [2.05, 4.69) is 0 Å². The highest BCUT2D eigenvalue weighted by atomic mass is 19.2. The Morgan fingerprint density at radius 3 is 1.85 bits per heavy atom. The molecule has 0 bridgehead atoms. The second-order valence-electron chi connectivity index (χ2n) is 3.67. The third-order valence-corrected chi connectivity index (χ3v) is 2.55. The van der Waals surface area contributed by atoms with Crippen molar-refractivity contribution in [2.24, 2.45) is 0 Å². The van der Waals surface area contributed by atoms with Gasteiger partial charge in [0.1, 0.15) is 0 Å². The monoisotopic (exact) mass is 296 g/mol. The SMILES string of the molecule is O=C1NC(F)([N+](=O)[O-])C(=O)c2c(F)c(F)c(F)c(F)c21. The third-order valence-electron chi connectivity index (χ3n) is 2.55. The van der Waals surface area contributed by atoms with E-state index >= 15 is 0 Å². The summed E-state index contributed by atoms with van der Waals surface area (Å²) in [4.78, 5) is 31.2. The molecule has 1 aromatic carbocycles. The Morgan fingerprint density at radius 1 is 0.950 bits per heavy atom. The van der Waals surface area contributed by atoms with Crippen molar-refractivity contribution in [3.05, 3.63) is 44.5 Å². The zero-order valence-electron chi connectivity index (χ0n) is 8.97. The van der Waals surface area contributed by atoms with E-state index in [1.807, 2.05) is 0 Å². The van der Waals surface area contributed by atoms with Gasteiger partial charge in [-0.15, -0.1) is 4.39 Å². The number of carbonyl (C=O) groups excluding carboxylic acids is 2. The molecule has 1 aliphatic heterocycles. The number of ketones is 1. The largest absolute Gasteiger partial charge is 0.508 e. The van der Waals surface area contributed by atoms with Crippen molar-refractivity contribution in [2.75, 3.05) is 0 Å². The van der Waals surface area contributed by atoms with E-state index < -0.39 is 56.9 Å². The molecule has 2 rings (SSSR count). The minimum absolute atomic E-state index is 0.863. The molecule has 0 aliphatic carbocycles. The first kappa shape index (κ1) is 13.8. The number of Topliss-reactive ketones (excluding diaryl/α,β-unsaturated/α-hetero) is 1. The van der Waals surface area contributed by atoms with Crippen LogP contribution in [0.15, 0.2) is 0 Å². The molecular formula is C9HF5N2O4. The fraction of sp³-hybridized carbons (Fsp3) is 0.111. The number of nitrogens with one attached hydrogen (secondary N) is 1. The van der Waals surface area contributed by atoms with Crippen LogP contribution in [0, 0.1) is 33.4 Å². The molecule has 0 fully saturated rings. The average molecular weight is 296 g/mol. The van der Waals surface area contributed by atoms with Gasteiger partial charge in [-0.2, -0.15) is 0 Å². The summed E-state index contributed by atoms with van der Waals surface area (Å²) in [6, 6.07) is 0. The smallest absolute Gasteiger partial charge is 0.280 e. The summed E-state index contributed by atoms with van der Waals surface area (Å²) in [6.45, 7) is 0. The van der Waals surface area contributed by atoms with Crippen molar-refractivity contribution < 1.29 is 36.5 Å². The highest BCUT2D eigenvalue weighted by molar-refractivity contribution is 6.16. The average Bonchev–Trinajstić information content (AvgIpc) is 2.37. The number of hydrogen-bond donors (Lipinski definition) is 1. The standard InChI is InChI=1S/C9HF5N2O4/c10-3-1-2(4(11)6(13)5(3)12)8(18)15-9(14,7(1)17)16(19)20/h(H,15,18). The van der Waals surface area contributed by atoms with Gasteiger partial charge < -0.3 is 0 Å². The van der Waals surface area contributed by atoms with Crippen molar-refractivity contribution in [1.29, 1.82) is 0 Å². The van der Waals surface area contributed by atoms with E-state index in [0.29, 0.717) is 0 Å². The number of rotatable bonds is 1. The molecule has 20 heavy (non-hydrogen) atoms. The lowest BCUT2D eigenvalue weighted by Crippen LogP contribution is -2.60. The number of carbonyl (C=O) groups is 2. The summed E-state index contributed by atoms with van der Waals surface area (Å²) in [5, 5.41) is 11.3. The molecule has 1 N–H and O–H groups in total. The molecule has 6 nitrogen and oxygen atoms in total. The maximum absolute atomic E-state index is 13.7. The van der Waals surface area contributed by atoms with Gasteiger partial charge in [-0.25, -0.2) is 17.6 Å². The lowest BCUT2D eigenvalue weighted by Gasteiger charge is -2.23. The fourth-order valence-corrected chi connectivity index (χ4v) is 1.62. The van der Waals surface area contributed by atoms with Crippen molar-refractivity contribution in [1.82, 2.24) is 5.32 Å². The van der Waals surface area contributed by atoms with Gasteiger partial charge in [-0.3, -0.25) is 25.0 Å². The first-order valence-corrected chi connectivity index (χ1v) is 4.69. The van der Waals surface area contributed by atoms with Crippen molar-refractivity contribution in [3.63, 3.8) is 0 Å². The van der Waals surface area contributed by atoms with Gasteiger partial charge in [-0.1, -0.05) is 0 Å². The number of benzene rings is 1. The number of amides is 1. The molecular weight excluding hydrogens is 295 g/mol. The maximum atomic E-state index is 13.7. The summed E-state index contributed by atoms with van der Waals surface area (Å²) in [5.74, 6) is -18.1. The highest BCUT2D eigenvalue weighted by Crippen LogP contribution is 2.31. The lowest BCUT2D eigenvalue weighted by molar-refractivity contribution is -0.589. The molecule has 0 radical (unpaired) electrons. The minimum Gasteiger partial charge on any atom is -0.280 e.